The zero-order valence-electron chi connectivity index (χ0n) is 8.16. The highest BCUT2D eigenvalue weighted by Gasteiger charge is 2.22. The van der Waals surface area contributed by atoms with Gasteiger partial charge >= 0.3 is 5.97 Å². The molecule has 1 aliphatic carbocycles. The van der Waals surface area contributed by atoms with E-state index in [4.69, 9.17) is 5.11 Å². The summed E-state index contributed by atoms with van der Waals surface area (Å²) >= 11 is 3.25. The van der Waals surface area contributed by atoms with Crippen LogP contribution in [0.25, 0.3) is 0 Å². The Morgan fingerprint density at radius 2 is 2.27 bits per heavy atom. The van der Waals surface area contributed by atoms with Gasteiger partial charge in [0.2, 0.25) is 0 Å². The van der Waals surface area contributed by atoms with Gasteiger partial charge in [-0.1, -0.05) is 6.07 Å². The van der Waals surface area contributed by atoms with Crippen molar-refractivity contribution in [3.05, 3.63) is 28.2 Å². The maximum Gasteiger partial charge on any atom is 0.338 e. The van der Waals surface area contributed by atoms with Crippen LogP contribution in [0.3, 0.4) is 0 Å². The summed E-state index contributed by atoms with van der Waals surface area (Å²) in [4.78, 5) is 11.0. The number of hydrogen-bond acceptors (Lipinski definition) is 2. The third kappa shape index (κ3) is 2.50. The average Bonchev–Trinajstić information content (AvgIpc) is 2.97. The number of carboxylic acid groups (broad SMARTS) is 1. The first-order valence-electron chi connectivity index (χ1n) is 4.94. The minimum Gasteiger partial charge on any atom is -0.478 e. The topological polar surface area (TPSA) is 49.3 Å². The normalized spacial score (nSPS) is 15.0. The maximum atomic E-state index is 11.0. The summed E-state index contributed by atoms with van der Waals surface area (Å²) < 4.78 is 0.621. The molecule has 0 aromatic heterocycles. The van der Waals surface area contributed by atoms with Crippen LogP contribution >= 0.6 is 15.9 Å². The first kappa shape index (κ1) is 10.5. The van der Waals surface area contributed by atoms with Gasteiger partial charge in [0.05, 0.1) is 5.56 Å². The standard InChI is InChI=1S/C11H12BrNO2/c12-8-2-1-3-9(10(8)11(14)15)13-6-7-4-5-7/h1-3,7,13H,4-6H2,(H,14,15). The summed E-state index contributed by atoms with van der Waals surface area (Å²) in [5.41, 5.74) is 1.02. The molecule has 1 aromatic rings. The van der Waals surface area contributed by atoms with E-state index < -0.39 is 5.97 Å². The molecule has 1 saturated carbocycles. The number of hydrogen-bond donors (Lipinski definition) is 2. The minimum atomic E-state index is -0.902. The number of benzene rings is 1. The molecule has 2 rings (SSSR count). The molecule has 1 aliphatic rings. The molecule has 2 N–H and O–H groups in total. The second kappa shape index (κ2) is 4.23. The highest BCUT2D eigenvalue weighted by atomic mass is 79.9. The van der Waals surface area contributed by atoms with E-state index in [1.165, 1.54) is 12.8 Å². The molecule has 0 amide bonds. The molecule has 4 heteroatoms. The van der Waals surface area contributed by atoms with Crippen molar-refractivity contribution in [1.82, 2.24) is 0 Å². The number of anilines is 1. The molecule has 1 aromatic carbocycles. The van der Waals surface area contributed by atoms with Gasteiger partial charge in [0.1, 0.15) is 0 Å². The molecule has 0 radical (unpaired) electrons. The molecule has 0 saturated heterocycles. The molecule has 3 nitrogen and oxygen atoms in total. The Morgan fingerprint density at radius 3 is 2.87 bits per heavy atom. The van der Waals surface area contributed by atoms with Crippen molar-refractivity contribution in [1.29, 1.82) is 0 Å². The number of carbonyl (C=O) groups is 1. The molecule has 80 valence electrons. The highest BCUT2D eigenvalue weighted by molar-refractivity contribution is 9.10. The third-order valence-electron chi connectivity index (χ3n) is 2.51. The van der Waals surface area contributed by atoms with E-state index in [1.54, 1.807) is 12.1 Å². The van der Waals surface area contributed by atoms with Gasteiger partial charge in [-0.15, -0.1) is 0 Å². The fourth-order valence-corrected chi connectivity index (χ4v) is 2.00. The number of carboxylic acids is 1. The number of nitrogens with one attached hydrogen (secondary N) is 1. The zero-order valence-corrected chi connectivity index (χ0v) is 9.75. The molecular weight excluding hydrogens is 258 g/mol. The maximum absolute atomic E-state index is 11.0. The fraction of sp³-hybridized carbons (Fsp3) is 0.364. The Bertz CT molecular complexity index is 388. The first-order chi connectivity index (χ1) is 7.18. The summed E-state index contributed by atoms with van der Waals surface area (Å²) in [6.45, 7) is 0.872. The van der Waals surface area contributed by atoms with E-state index in [9.17, 15) is 4.79 Å². The lowest BCUT2D eigenvalue weighted by Crippen LogP contribution is -2.09. The van der Waals surface area contributed by atoms with Crippen LogP contribution in [-0.4, -0.2) is 17.6 Å². The van der Waals surface area contributed by atoms with Crippen molar-refractivity contribution >= 4 is 27.6 Å². The number of rotatable bonds is 4. The van der Waals surface area contributed by atoms with E-state index in [2.05, 4.69) is 21.2 Å². The predicted octanol–water partition coefficient (Wildman–Crippen LogP) is 2.97. The Kier molecular flexibility index (Phi) is 2.95. The largest absolute Gasteiger partial charge is 0.478 e. The van der Waals surface area contributed by atoms with Crippen LogP contribution in [0.4, 0.5) is 5.69 Å². The zero-order chi connectivity index (χ0) is 10.8. The van der Waals surface area contributed by atoms with Gasteiger partial charge in [-0.2, -0.15) is 0 Å². The lowest BCUT2D eigenvalue weighted by Gasteiger charge is -2.10. The first-order valence-corrected chi connectivity index (χ1v) is 5.73. The van der Waals surface area contributed by atoms with Crippen LogP contribution in [0.2, 0.25) is 0 Å². The Balaban J connectivity index is 2.19. The van der Waals surface area contributed by atoms with Gasteiger partial charge in [0.15, 0.2) is 0 Å². The molecular formula is C11H12BrNO2. The summed E-state index contributed by atoms with van der Waals surface area (Å²) in [7, 11) is 0. The van der Waals surface area contributed by atoms with Gasteiger partial charge in [-0.05, 0) is 46.8 Å². The Labute approximate surface area is 96.6 Å². The SMILES string of the molecule is O=C(O)c1c(Br)cccc1NCC1CC1. The molecule has 1 fully saturated rings. The van der Waals surface area contributed by atoms with E-state index in [0.29, 0.717) is 15.7 Å². The molecule has 0 atom stereocenters. The second-order valence-electron chi connectivity index (χ2n) is 3.79. The van der Waals surface area contributed by atoms with Crippen LogP contribution in [-0.2, 0) is 0 Å². The van der Waals surface area contributed by atoms with Crippen molar-refractivity contribution in [3.63, 3.8) is 0 Å². The quantitative estimate of drug-likeness (QED) is 0.884. The molecule has 0 heterocycles. The minimum absolute atomic E-state index is 0.318. The van der Waals surface area contributed by atoms with E-state index in [-0.39, 0.29) is 0 Å². The predicted molar refractivity (Wildman–Crippen MR) is 62.3 cm³/mol. The van der Waals surface area contributed by atoms with Gasteiger partial charge in [-0.25, -0.2) is 4.79 Å². The molecule has 0 spiro atoms. The van der Waals surface area contributed by atoms with E-state index in [0.717, 1.165) is 12.5 Å². The molecule has 15 heavy (non-hydrogen) atoms. The molecule has 0 aliphatic heterocycles. The van der Waals surface area contributed by atoms with Crippen molar-refractivity contribution in [2.45, 2.75) is 12.8 Å². The molecule has 0 unspecified atom stereocenters. The van der Waals surface area contributed by atoms with Crippen LogP contribution in [0.15, 0.2) is 22.7 Å². The van der Waals surface area contributed by atoms with Crippen molar-refractivity contribution < 1.29 is 9.90 Å². The lowest BCUT2D eigenvalue weighted by atomic mass is 10.2. The summed E-state index contributed by atoms with van der Waals surface area (Å²) in [5.74, 6) is -0.175. The fourth-order valence-electron chi connectivity index (χ4n) is 1.47. The lowest BCUT2D eigenvalue weighted by molar-refractivity contribution is 0.0697. The third-order valence-corrected chi connectivity index (χ3v) is 3.17. The van der Waals surface area contributed by atoms with Gasteiger partial charge in [-0.3, -0.25) is 0 Å². The Hall–Kier alpha value is -1.03. The van der Waals surface area contributed by atoms with Crippen LogP contribution in [0.5, 0.6) is 0 Å². The number of halogens is 1. The summed E-state index contributed by atoms with van der Waals surface area (Å²) in [6, 6.07) is 5.38. The number of aromatic carboxylic acids is 1. The summed E-state index contributed by atoms with van der Waals surface area (Å²) in [6.07, 6.45) is 2.51. The van der Waals surface area contributed by atoms with Crippen molar-refractivity contribution in [2.24, 2.45) is 5.92 Å². The molecule has 0 bridgehead atoms. The van der Waals surface area contributed by atoms with Crippen LogP contribution in [0.1, 0.15) is 23.2 Å². The van der Waals surface area contributed by atoms with Gasteiger partial charge < -0.3 is 10.4 Å². The average molecular weight is 270 g/mol. The van der Waals surface area contributed by atoms with Gasteiger partial charge in [0, 0.05) is 16.7 Å². The van der Waals surface area contributed by atoms with Gasteiger partial charge in [0.25, 0.3) is 0 Å². The van der Waals surface area contributed by atoms with E-state index in [1.807, 2.05) is 6.07 Å². The van der Waals surface area contributed by atoms with Crippen molar-refractivity contribution in [3.8, 4) is 0 Å². The Morgan fingerprint density at radius 1 is 1.53 bits per heavy atom. The second-order valence-corrected chi connectivity index (χ2v) is 4.65. The van der Waals surface area contributed by atoms with Crippen LogP contribution in [0, 0.1) is 5.92 Å². The van der Waals surface area contributed by atoms with Crippen molar-refractivity contribution in [2.75, 3.05) is 11.9 Å². The van der Waals surface area contributed by atoms with E-state index >= 15 is 0 Å². The smallest absolute Gasteiger partial charge is 0.338 e. The highest BCUT2D eigenvalue weighted by Crippen LogP contribution is 2.30. The van der Waals surface area contributed by atoms with Crippen LogP contribution < -0.4 is 5.32 Å². The summed E-state index contributed by atoms with van der Waals surface area (Å²) in [5, 5.41) is 12.2. The monoisotopic (exact) mass is 269 g/mol.